The molecule has 0 radical (unpaired) electrons. The van der Waals surface area contributed by atoms with E-state index < -0.39 is 0 Å². The van der Waals surface area contributed by atoms with E-state index in [1.165, 1.54) is 18.9 Å². The maximum absolute atomic E-state index is 12.5. The van der Waals surface area contributed by atoms with Crippen LogP contribution in [0, 0.1) is 0 Å². The molecular weight excluding hydrogens is 326 g/mol. The Balaban J connectivity index is 1.68. The molecule has 0 unspecified atom stereocenters. The van der Waals surface area contributed by atoms with E-state index in [1.54, 1.807) is 25.3 Å². The molecule has 1 saturated carbocycles. The van der Waals surface area contributed by atoms with Crippen molar-refractivity contribution in [3.05, 3.63) is 65.2 Å². The van der Waals surface area contributed by atoms with E-state index in [4.69, 9.17) is 4.74 Å². The van der Waals surface area contributed by atoms with Crippen molar-refractivity contribution in [1.82, 2.24) is 5.32 Å². The van der Waals surface area contributed by atoms with Crippen LogP contribution in [0.3, 0.4) is 0 Å². The van der Waals surface area contributed by atoms with Gasteiger partial charge in [0.15, 0.2) is 5.78 Å². The fourth-order valence-corrected chi connectivity index (χ4v) is 3.60. The molecule has 0 saturated heterocycles. The van der Waals surface area contributed by atoms with Gasteiger partial charge in [-0.3, -0.25) is 9.59 Å². The first kappa shape index (κ1) is 18.2. The Labute approximate surface area is 154 Å². The van der Waals surface area contributed by atoms with Gasteiger partial charge in [-0.25, -0.2) is 0 Å². The molecule has 4 heteroatoms. The summed E-state index contributed by atoms with van der Waals surface area (Å²) in [4.78, 5) is 24.1. The Bertz CT molecular complexity index is 794. The standard InChI is InChI=1S/C22H25NO3/c1-16(24)17-9-10-20(26-2)18(13-17)14-21(25)23-15-22(11-6-12-22)19-7-4-3-5-8-19/h3-5,7-10,13H,6,11-12,14-15H2,1-2H3,(H,23,25). The third kappa shape index (κ3) is 3.79. The number of hydrogen-bond acceptors (Lipinski definition) is 3. The molecule has 1 amide bonds. The fourth-order valence-electron chi connectivity index (χ4n) is 3.60. The lowest BCUT2D eigenvalue weighted by molar-refractivity contribution is -0.120. The molecule has 1 aliphatic carbocycles. The van der Waals surface area contributed by atoms with Gasteiger partial charge >= 0.3 is 0 Å². The number of ketones is 1. The van der Waals surface area contributed by atoms with Crippen LogP contribution < -0.4 is 10.1 Å². The van der Waals surface area contributed by atoms with E-state index in [-0.39, 0.29) is 23.5 Å². The van der Waals surface area contributed by atoms with Gasteiger partial charge in [0.1, 0.15) is 5.75 Å². The topological polar surface area (TPSA) is 55.4 Å². The van der Waals surface area contributed by atoms with Crippen LogP contribution in [0.4, 0.5) is 0 Å². The number of nitrogens with one attached hydrogen (secondary N) is 1. The Hall–Kier alpha value is -2.62. The van der Waals surface area contributed by atoms with Gasteiger partial charge in [0, 0.05) is 23.1 Å². The summed E-state index contributed by atoms with van der Waals surface area (Å²) in [5, 5.41) is 3.09. The number of hydrogen-bond donors (Lipinski definition) is 1. The maximum Gasteiger partial charge on any atom is 0.224 e. The summed E-state index contributed by atoms with van der Waals surface area (Å²) in [5.74, 6) is 0.560. The molecule has 1 N–H and O–H groups in total. The Morgan fingerprint density at radius 2 is 1.85 bits per heavy atom. The molecule has 2 aromatic rings. The van der Waals surface area contributed by atoms with Crippen molar-refractivity contribution in [1.29, 1.82) is 0 Å². The maximum atomic E-state index is 12.5. The van der Waals surface area contributed by atoms with Crippen molar-refractivity contribution in [3.8, 4) is 5.75 Å². The van der Waals surface area contributed by atoms with Crippen LogP contribution in [-0.4, -0.2) is 25.3 Å². The predicted molar refractivity (Wildman–Crippen MR) is 102 cm³/mol. The first-order valence-corrected chi connectivity index (χ1v) is 9.04. The van der Waals surface area contributed by atoms with Crippen LogP contribution in [0.5, 0.6) is 5.75 Å². The highest BCUT2D eigenvalue weighted by Crippen LogP contribution is 2.43. The van der Waals surface area contributed by atoms with Crippen molar-refractivity contribution in [2.24, 2.45) is 0 Å². The van der Waals surface area contributed by atoms with E-state index in [9.17, 15) is 9.59 Å². The summed E-state index contributed by atoms with van der Waals surface area (Å²) in [7, 11) is 1.57. The number of carbonyl (C=O) groups excluding carboxylic acids is 2. The van der Waals surface area contributed by atoms with Gasteiger partial charge in [0.25, 0.3) is 0 Å². The predicted octanol–water partition coefficient (Wildman–Crippen LogP) is 3.68. The third-order valence-electron chi connectivity index (χ3n) is 5.36. The Morgan fingerprint density at radius 3 is 2.42 bits per heavy atom. The molecule has 0 aliphatic heterocycles. The quantitative estimate of drug-likeness (QED) is 0.774. The van der Waals surface area contributed by atoms with E-state index in [0.29, 0.717) is 17.9 Å². The van der Waals surface area contributed by atoms with Crippen LogP contribution in [0.25, 0.3) is 0 Å². The summed E-state index contributed by atoms with van der Waals surface area (Å²) < 4.78 is 5.34. The van der Waals surface area contributed by atoms with E-state index in [2.05, 4.69) is 29.6 Å². The summed E-state index contributed by atoms with van der Waals surface area (Å²) in [6.07, 6.45) is 3.59. The molecule has 136 valence electrons. The zero-order valence-electron chi connectivity index (χ0n) is 15.4. The highest BCUT2D eigenvalue weighted by atomic mass is 16.5. The minimum atomic E-state index is -0.0498. The number of rotatable bonds is 7. The van der Waals surface area contributed by atoms with Crippen LogP contribution >= 0.6 is 0 Å². The smallest absolute Gasteiger partial charge is 0.224 e. The number of amides is 1. The van der Waals surface area contributed by atoms with Crippen LogP contribution in [0.15, 0.2) is 48.5 Å². The molecule has 0 spiro atoms. The van der Waals surface area contributed by atoms with E-state index in [1.807, 2.05) is 6.07 Å². The van der Waals surface area contributed by atoms with Gasteiger partial charge in [0.05, 0.1) is 13.5 Å². The largest absolute Gasteiger partial charge is 0.496 e. The molecular formula is C22H25NO3. The summed E-state index contributed by atoms with van der Waals surface area (Å²) in [6, 6.07) is 15.6. The SMILES string of the molecule is COc1ccc(C(C)=O)cc1CC(=O)NCC1(c2ccccc2)CCC1. The van der Waals surface area contributed by atoms with Gasteiger partial charge in [0.2, 0.25) is 5.91 Å². The molecule has 2 aromatic carbocycles. The molecule has 0 bridgehead atoms. The highest BCUT2D eigenvalue weighted by molar-refractivity contribution is 5.94. The minimum absolute atomic E-state index is 0.0215. The van der Waals surface area contributed by atoms with Crippen molar-refractivity contribution < 1.29 is 14.3 Å². The van der Waals surface area contributed by atoms with Gasteiger partial charge < -0.3 is 10.1 Å². The van der Waals surface area contributed by atoms with E-state index >= 15 is 0 Å². The summed E-state index contributed by atoms with van der Waals surface area (Å²) in [6.45, 7) is 2.16. The summed E-state index contributed by atoms with van der Waals surface area (Å²) in [5.41, 5.74) is 2.68. The Morgan fingerprint density at radius 1 is 1.12 bits per heavy atom. The van der Waals surface area contributed by atoms with Gasteiger partial charge in [-0.05, 0) is 43.5 Å². The molecule has 1 fully saturated rings. The lowest BCUT2D eigenvalue weighted by atomic mass is 9.64. The lowest BCUT2D eigenvalue weighted by Crippen LogP contribution is -2.45. The number of methoxy groups -OCH3 is 1. The number of Topliss-reactive ketones (excluding diaryl/α,β-unsaturated/α-hetero) is 1. The second-order valence-corrected chi connectivity index (χ2v) is 7.04. The van der Waals surface area contributed by atoms with Gasteiger partial charge in [-0.15, -0.1) is 0 Å². The molecule has 26 heavy (non-hydrogen) atoms. The first-order chi connectivity index (χ1) is 12.5. The average Bonchev–Trinajstić information content (AvgIpc) is 2.61. The molecule has 1 aliphatic rings. The van der Waals surface area contributed by atoms with Crippen molar-refractivity contribution in [2.75, 3.05) is 13.7 Å². The van der Waals surface area contributed by atoms with Crippen molar-refractivity contribution in [2.45, 2.75) is 38.0 Å². The normalized spacial score (nSPS) is 15.0. The number of ether oxygens (including phenoxy) is 1. The lowest BCUT2D eigenvalue weighted by Gasteiger charge is -2.42. The third-order valence-corrected chi connectivity index (χ3v) is 5.36. The van der Waals surface area contributed by atoms with Crippen LogP contribution in [0.1, 0.15) is 47.7 Å². The second kappa shape index (κ2) is 7.73. The van der Waals surface area contributed by atoms with Crippen molar-refractivity contribution in [3.63, 3.8) is 0 Å². The minimum Gasteiger partial charge on any atom is -0.496 e. The second-order valence-electron chi connectivity index (χ2n) is 7.04. The molecule has 0 atom stereocenters. The molecule has 3 rings (SSSR count). The average molecular weight is 351 g/mol. The Kier molecular flexibility index (Phi) is 5.40. The molecule has 0 aromatic heterocycles. The number of carbonyl (C=O) groups is 2. The fraction of sp³-hybridized carbons (Fsp3) is 0.364. The highest BCUT2D eigenvalue weighted by Gasteiger charge is 2.38. The summed E-state index contributed by atoms with van der Waals surface area (Å²) >= 11 is 0. The van der Waals surface area contributed by atoms with Gasteiger partial charge in [-0.2, -0.15) is 0 Å². The monoisotopic (exact) mass is 351 g/mol. The van der Waals surface area contributed by atoms with E-state index in [0.717, 1.165) is 18.4 Å². The zero-order valence-corrected chi connectivity index (χ0v) is 15.4. The molecule has 0 heterocycles. The number of benzene rings is 2. The zero-order chi connectivity index (χ0) is 18.6. The molecule has 4 nitrogen and oxygen atoms in total. The van der Waals surface area contributed by atoms with Crippen LogP contribution in [0.2, 0.25) is 0 Å². The van der Waals surface area contributed by atoms with Crippen LogP contribution in [-0.2, 0) is 16.6 Å². The van der Waals surface area contributed by atoms with Gasteiger partial charge in [-0.1, -0.05) is 36.8 Å². The first-order valence-electron chi connectivity index (χ1n) is 9.04. The van der Waals surface area contributed by atoms with Crippen molar-refractivity contribution >= 4 is 11.7 Å².